The quantitative estimate of drug-likeness (QED) is 0.923. The molecule has 0 unspecified atom stereocenters. The molecule has 2 aromatic rings. The molecule has 5 nitrogen and oxygen atoms in total. The molecule has 2 aromatic carbocycles. The lowest BCUT2D eigenvalue weighted by Gasteiger charge is -2.16. The van der Waals surface area contributed by atoms with Crippen molar-refractivity contribution in [2.75, 3.05) is 22.4 Å². The standard InChI is InChI=1S/C16H14F2N2O3S/c1-24(22,23)20-7-6-10-8-12(3-5-15(10)20)19-16(21)11-2-4-13(17)14(18)9-11/h2-5,8-9H,6-7H2,1H3,(H,19,21). The van der Waals surface area contributed by atoms with Gasteiger partial charge in [0.25, 0.3) is 5.91 Å². The highest BCUT2D eigenvalue weighted by Crippen LogP contribution is 2.32. The Morgan fingerprint density at radius 3 is 2.54 bits per heavy atom. The van der Waals surface area contributed by atoms with Crippen LogP contribution in [0, 0.1) is 11.6 Å². The molecule has 0 bridgehead atoms. The molecular formula is C16H14F2N2O3S. The normalized spacial score (nSPS) is 13.7. The predicted octanol–water partition coefficient (Wildman–Crippen LogP) is 2.54. The van der Waals surface area contributed by atoms with Gasteiger partial charge in [0, 0.05) is 17.8 Å². The zero-order chi connectivity index (χ0) is 17.5. The second kappa shape index (κ2) is 5.86. The number of hydrogen-bond acceptors (Lipinski definition) is 3. The van der Waals surface area contributed by atoms with Gasteiger partial charge >= 0.3 is 0 Å². The summed E-state index contributed by atoms with van der Waals surface area (Å²) in [5, 5.41) is 2.59. The molecule has 0 aliphatic carbocycles. The number of carbonyl (C=O) groups is 1. The van der Waals surface area contributed by atoms with Gasteiger partial charge in [0.2, 0.25) is 10.0 Å². The van der Waals surface area contributed by atoms with Gasteiger partial charge in [-0.2, -0.15) is 0 Å². The number of sulfonamides is 1. The molecule has 0 atom stereocenters. The average molecular weight is 352 g/mol. The zero-order valence-electron chi connectivity index (χ0n) is 12.7. The van der Waals surface area contributed by atoms with Crippen molar-refractivity contribution >= 4 is 27.3 Å². The molecule has 1 amide bonds. The lowest BCUT2D eigenvalue weighted by molar-refractivity contribution is 0.102. The maximum Gasteiger partial charge on any atom is 0.255 e. The van der Waals surface area contributed by atoms with E-state index in [9.17, 15) is 22.0 Å². The Morgan fingerprint density at radius 1 is 1.12 bits per heavy atom. The van der Waals surface area contributed by atoms with Gasteiger partial charge < -0.3 is 5.32 Å². The topological polar surface area (TPSA) is 66.5 Å². The number of hydrogen-bond donors (Lipinski definition) is 1. The molecule has 0 aromatic heterocycles. The van der Waals surface area contributed by atoms with Crippen LogP contribution in [0.3, 0.4) is 0 Å². The van der Waals surface area contributed by atoms with E-state index in [0.717, 1.165) is 24.0 Å². The Hall–Kier alpha value is -2.48. The van der Waals surface area contributed by atoms with Crippen LogP contribution in [0.2, 0.25) is 0 Å². The molecule has 1 aliphatic heterocycles. The zero-order valence-corrected chi connectivity index (χ0v) is 13.5. The van der Waals surface area contributed by atoms with Crippen LogP contribution in [0.5, 0.6) is 0 Å². The summed E-state index contributed by atoms with van der Waals surface area (Å²) in [6, 6.07) is 7.76. The third-order valence-corrected chi connectivity index (χ3v) is 4.95. The number of fused-ring (bicyclic) bond motifs is 1. The smallest absolute Gasteiger partial charge is 0.255 e. The molecule has 1 N–H and O–H groups in total. The number of benzene rings is 2. The first-order valence-electron chi connectivity index (χ1n) is 7.13. The van der Waals surface area contributed by atoms with E-state index in [2.05, 4.69) is 5.32 Å². The summed E-state index contributed by atoms with van der Waals surface area (Å²) in [5.74, 6) is -2.70. The second-order valence-electron chi connectivity index (χ2n) is 5.51. The third-order valence-electron chi connectivity index (χ3n) is 3.77. The lowest BCUT2D eigenvalue weighted by Crippen LogP contribution is -2.27. The minimum Gasteiger partial charge on any atom is -0.322 e. The van der Waals surface area contributed by atoms with Crippen LogP contribution in [0.1, 0.15) is 15.9 Å². The summed E-state index contributed by atoms with van der Waals surface area (Å²) in [4.78, 5) is 12.1. The van der Waals surface area contributed by atoms with Gasteiger partial charge in [-0.1, -0.05) is 0 Å². The first-order chi connectivity index (χ1) is 11.3. The molecule has 0 saturated carbocycles. The molecule has 0 radical (unpaired) electrons. The van der Waals surface area contributed by atoms with E-state index in [0.29, 0.717) is 24.3 Å². The third kappa shape index (κ3) is 3.09. The number of anilines is 2. The largest absolute Gasteiger partial charge is 0.322 e. The lowest BCUT2D eigenvalue weighted by atomic mass is 10.1. The first kappa shape index (κ1) is 16.4. The SMILES string of the molecule is CS(=O)(=O)N1CCc2cc(NC(=O)c3ccc(F)c(F)c3)ccc21. The minimum absolute atomic E-state index is 0.00726. The molecule has 0 saturated heterocycles. The fourth-order valence-corrected chi connectivity index (χ4v) is 3.59. The molecule has 126 valence electrons. The molecular weight excluding hydrogens is 338 g/mol. The highest BCUT2D eigenvalue weighted by Gasteiger charge is 2.26. The number of carbonyl (C=O) groups excluding carboxylic acids is 1. The second-order valence-corrected chi connectivity index (χ2v) is 7.42. The van der Waals surface area contributed by atoms with Crippen molar-refractivity contribution in [2.45, 2.75) is 6.42 Å². The number of halogens is 2. The summed E-state index contributed by atoms with van der Waals surface area (Å²) in [7, 11) is -3.33. The van der Waals surface area contributed by atoms with E-state index < -0.39 is 27.6 Å². The van der Waals surface area contributed by atoms with Crippen molar-refractivity contribution < 1.29 is 22.0 Å². The monoisotopic (exact) mass is 352 g/mol. The molecule has 0 spiro atoms. The fraction of sp³-hybridized carbons (Fsp3) is 0.188. The molecule has 1 aliphatic rings. The highest BCUT2D eigenvalue weighted by atomic mass is 32.2. The van der Waals surface area contributed by atoms with Gasteiger partial charge in [0.1, 0.15) is 0 Å². The van der Waals surface area contributed by atoms with E-state index in [1.54, 1.807) is 18.2 Å². The van der Waals surface area contributed by atoms with Crippen molar-refractivity contribution in [1.29, 1.82) is 0 Å². The number of amides is 1. The van der Waals surface area contributed by atoms with Gasteiger partial charge in [-0.05, 0) is 48.4 Å². The van der Waals surface area contributed by atoms with Crippen LogP contribution in [0.15, 0.2) is 36.4 Å². The van der Waals surface area contributed by atoms with Crippen molar-refractivity contribution in [3.05, 3.63) is 59.2 Å². The predicted molar refractivity (Wildman–Crippen MR) is 86.6 cm³/mol. The summed E-state index contributed by atoms with van der Waals surface area (Å²) in [6.07, 6.45) is 1.68. The number of nitrogens with one attached hydrogen (secondary N) is 1. The van der Waals surface area contributed by atoms with E-state index in [-0.39, 0.29) is 5.56 Å². The van der Waals surface area contributed by atoms with Crippen LogP contribution < -0.4 is 9.62 Å². The van der Waals surface area contributed by atoms with E-state index >= 15 is 0 Å². The van der Waals surface area contributed by atoms with Crippen molar-refractivity contribution in [1.82, 2.24) is 0 Å². The molecule has 1 heterocycles. The molecule has 24 heavy (non-hydrogen) atoms. The van der Waals surface area contributed by atoms with Crippen molar-refractivity contribution in [2.24, 2.45) is 0 Å². The Bertz CT molecular complexity index is 929. The number of nitrogens with zero attached hydrogens (tertiary/aromatic N) is 1. The van der Waals surface area contributed by atoms with Crippen LogP contribution in [-0.2, 0) is 16.4 Å². The van der Waals surface area contributed by atoms with Crippen LogP contribution in [0.25, 0.3) is 0 Å². The van der Waals surface area contributed by atoms with Gasteiger partial charge in [-0.25, -0.2) is 17.2 Å². The molecule has 8 heteroatoms. The van der Waals surface area contributed by atoms with Crippen LogP contribution in [-0.4, -0.2) is 27.1 Å². The van der Waals surface area contributed by atoms with E-state index in [1.165, 1.54) is 10.4 Å². The first-order valence-corrected chi connectivity index (χ1v) is 8.97. The summed E-state index contributed by atoms with van der Waals surface area (Å²) < 4.78 is 50.8. The van der Waals surface area contributed by atoms with Gasteiger partial charge in [0.05, 0.1) is 11.9 Å². The average Bonchev–Trinajstić information content (AvgIpc) is 2.93. The Morgan fingerprint density at radius 2 is 1.88 bits per heavy atom. The fourth-order valence-electron chi connectivity index (χ4n) is 2.63. The van der Waals surface area contributed by atoms with Crippen LogP contribution in [0.4, 0.5) is 20.2 Å². The summed E-state index contributed by atoms with van der Waals surface area (Å²) in [6.45, 7) is 0.356. The van der Waals surface area contributed by atoms with E-state index in [1.807, 2.05) is 0 Å². The van der Waals surface area contributed by atoms with E-state index in [4.69, 9.17) is 0 Å². The van der Waals surface area contributed by atoms with Crippen molar-refractivity contribution in [3.8, 4) is 0 Å². The minimum atomic E-state index is -3.33. The van der Waals surface area contributed by atoms with Gasteiger partial charge in [-0.3, -0.25) is 9.10 Å². The van der Waals surface area contributed by atoms with Gasteiger partial charge in [-0.15, -0.1) is 0 Å². The Labute approximate surface area is 138 Å². The van der Waals surface area contributed by atoms with Crippen molar-refractivity contribution in [3.63, 3.8) is 0 Å². The number of rotatable bonds is 3. The van der Waals surface area contributed by atoms with Crippen LogP contribution >= 0.6 is 0 Å². The molecule has 3 rings (SSSR count). The molecule has 0 fully saturated rings. The highest BCUT2D eigenvalue weighted by molar-refractivity contribution is 7.92. The summed E-state index contributed by atoms with van der Waals surface area (Å²) >= 11 is 0. The maximum atomic E-state index is 13.2. The van der Waals surface area contributed by atoms with Gasteiger partial charge in [0.15, 0.2) is 11.6 Å². The Balaban J connectivity index is 1.82. The maximum absolute atomic E-state index is 13.2. The summed E-state index contributed by atoms with van der Waals surface area (Å²) in [5.41, 5.74) is 1.83. The Kier molecular flexibility index (Phi) is 4.00.